The summed E-state index contributed by atoms with van der Waals surface area (Å²) in [5.41, 5.74) is 1.30. The Kier molecular flexibility index (Phi) is 6.26. The van der Waals surface area contributed by atoms with Gasteiger partial charge in [-0.3, -0.25) is 4.79 Å². The quantitative estimate of drug-likeness (QED) is 0.416. The highest BCUT2D eigenvalue weighted by Gasteiger charge is 2.14. The SMILES string of the molecule is O=C(CSc1nnnn1-c1ccccc1)Nc1cc(Cl)ccc1Oc1ccccc1. The molecule has 0 saturated heterocycles. The summed E-state index contributed by atoms with van der Waals surface area (Å²) in [6, 6.07) is 23.9. The van der Waals surface area contributed by atoms with E-state index in [4.69, 9.17) is 16.3 Å². The summed E-state index contributed by atoms with van der Waals surface area (Å²) in [5.74, 6) is 1.04. The molecule has 0 saturated carbocycles. The van der Waals surface area contributed by atoms with E-state index in [1.54, 1.807) is 22.9 Å². The molecule has 0 aliphatic rings. The molecule has 3 aromatic carbocycles. The Hall–Kier alpha value is -3.36. The van der Waals surface area contributed by atoms with E-state index in [-0.39, 0.29) is 11.7 Å². The number of benzene rings is 3. The third-order valence-electron chi connectivity index (χ3n) is 3.96. The minimum Gasteiger partial charge on any atom is -0.455 e. The lowest BCUT2D eigenvalue weighted by atomic mass is 10.3. The molecule has 1 heterocycles. The molecule has 0 unspecified atom stereocenters. The van der Waals surface area contributed by atoms with E-state index < -0.39 is 0 Å². The van der Waals surface area contributed by atoms with Crippen LogP contribution in [0.5, 0.6) is 11.5 Å². The van der Waals surface area contributed by atoms with Gasteiger partial charge < -0.3 is 10.1 Å². The first-order valence-electron chi connectivity index (χ1n) is 8.98. The zero-order chi connectivity index (χ0) is 20.8. The fourth-order valence-electron chi connectivity index (χ4n) is 2.62. The molecule has 30 heavy (non-hydrogen) atoms. The Morgan fingerprint density at radius 2 is 1.77 bits per heavy atom. The van der Waals surface area contributed by atoms with E-state index in [2.05, 4.69) is 20.8 Å². The summed E-state index contributed by atoms with van der Waals surface area (Å²) < 4.78 is 7.46. The van der Waals surface area contributed by atoms with Crippen LogP contribution in [0.3, 0.4) is 0 Å². The maximum atomic E-state index is 12.6. The van der Waals surface area contributed by atoms with E-state index in [9.17, 15) is 4.79 Å². The highest BCUT2D eigenvalue weighted by atomic mass is 35.5. The number of ether oxygens (including phenoxy) is 1. The molecule has 0 aliphatic carbocycles. The fraction of sp³-hybridized carbons (Fsp3) is 0.0476. The Bertz CT molecular complexity index is 1140. The molecule has 9 heteroatoms. The number of hydrogen-bond acceptors (Lipinski definition) is 6. The fourth-order valence-corrected chi connectivity index (χ4v) is 3.48. The largest absolute Gasteiger partial charge is 0.455 e. The van der Waals surface area contributed by atoms with Crippen molar-refractivity contribution in [3.63, 3.8) is 0 Å². The lowest BCUT2D eigenvalue weighted by Gasteiger charge is -2.12. The standard InChI is InChI=1S/C21H16ClN5O2S/c22-15-11-12-19(29-17-9-5-2-6-10-17)18(13-15)23-20(28)14-30-21-24-25-26-27(21)16-7-3-1-4-8-16/h1-13H,14H2,(H,23,28). The number of carbonyl (C=O) groups is 1. The van der Waals surface area contributed by atoms with E-state index in [1.165, 1.54) is 11.8 Å². The molecule has 7 nitrogen and oxygen atoms in total. The summed E-state index contributed by atoms with van der Waals surface area (Å²) in [7, 11) is 0. The summed E-state index contributed by atoms with van der Waals surface area (Å²) in [6.07, 6.45) is 0. The van der Waals surface area contributed by atoms with Gasteiger partial charge in [0, 0.05) is 5.02 Å². The number of para-hydroxylation sites is 2. The first-order chi connectivity index (χ1) is 14.7. The molecule has 1 amide bonds. The number of thioether (sulfide) groups is 1. The van der Waals surface area contributed by atoms with Crippen LogP contribution in [0, 0.1) is 0 Å². The Morgan fingerprint density at radius 3 is 2.53 bits per heavy atom. The molecule has 0 atom stereocenters. The summed E-state index contributed by atoms with van der Waals surface area (Å²) in [4.78, 5) is 12.6. The second-order valence-electron chi connectivity index (χ2n) is 6.10. The monoisotopic (exact) mass is 437 g/mol. The van der Waals surface area contributed by atoms with Crippen LogP contribution < -0.4 is 10.1 Å². The predicted octanol–water partition coefficient (Wildman–Crippen LogP) is 4.84. The van der Waals surface area contributed by atoms with Gasteiger partial charge in [0.1, 0.15) is 5.75 Å². The van der Waals surface area contributed by atoms with E-state index in [1.807, 2.05) is 60.7 Å². The van der Waals surface area contributed by atoms with Crippen LogP contribution in [0.15, 0.2) is 84.0 Å². The van der Waals surface area contributed by atoms with Crippen LogP contribution in [0.2, 0.25) is 5.02 Å². The number of anilines is 1. The Morgan fingerprint density at radius 1 is 1.03 bits per heavy atom. The van der Waals surface area contributed by atoms with Gasteiger partial charge in [-0.05, 0) is 52.9 Å². The van der Waals surface area contributed by atoms with Crippen LogP contribution in [0.1, 0.15) is 0 Å². The molecule has 4 rings (SSSR count). The second-order valence-corrected chi connectivity index (χ2v) is 7.48. The topological polar surface area (TPSA) is 81.9 Å². The van der Waals surface area contributed by atoms with Crippen LogP contribution in [-0.2, 0) is 4.79 Å². The Labute approximate surface area is 182 Å². The molecule has 1 aromatic heterocycles. The first-order valence-corrected chi connectivity index (χ1v) is 10.3. The number of rotatable bonds is 7. The smallest absolute Gasteiger partial charge is 0.234 e. The van der Waals surface area contributed by atoms with Crippen molar-refractivity contribution in [2.24, 2.45) is 0 Å². The molecule has 150 valence electrons. The number of nitrogens with zero attached hydrogens (tertiary/aromatic N) is 4. The van der Waals surface area contributed by atoms with Crippen LogP contribution >= 0.6 is 23.4 Å². The number of tetrazole rings is 1. The molecule has 4 aromatic rings. The lowest BCUT2D eigenvalue weighted by molar-refractivity contribution is -0.113. The molecule has 0 fully saturated rings. The number of carbonyl (C=O) groups excluding carboxylic acids is 1. The number of amides is 1. The van der Waals surface area contributed by atoms with Crippen molar-refractivity contribution in [3.05, 3.63) is 83.9 Å². The molecular formula is C21H16ClN5O2S. The molecule has 0 radical (unpaired) electrons. The van der Waals surface area contributed by atoms with E-state index >= 15 is 0 Å². The van der Waals surface area contributed by atoms with Crippen molar-refractivity contribution in [3.8, 4) is 17.2 Å². The third kappa shape index (κ3) is 4.97. The molecular weight excluding hydrogens is 422 g/mol. The van der Waals surface area contributed by atoms with Crippen molar-refractivity contribution >= 4 is 35.0 Å². The van der Waals surface area contributed by atoms with Gasteiger partial charge in [-0.1, -0.05) is 59.8 Å². The van der Waals surface area contributed by atoms with Gasteiger partial charge in [-0.25, -0.2) is 0 Å². The zero-order valence-electron chi connectivity index (χ0n) is 15.6. The maximum Gasteiger partial charge on any atom is 0.234 e. The second kappa shape index (κ2) is 9.43. The molecule has 0 bridgehead atoms. The van der Waals surface area contributed by atoms with Gasteiger partial charge in [-0.2, -0.15) is 4.68 Å². The minimum atomic E-state index is -0.234. The average molecular weight is 438 g/mol. The van der Waals surface area contributed by atoms with Gasteiger partial charge in [-0.15, -0.1) is 5.10 Å². The van der Waals surface area contributed by atoms with Gasteiger partial charge in [0.05, 0.1) is 17.1 Å². The van der Waals surface area contributed by atoms with Crippen molar-refractivity contribution in [1.29, 1.82) is 0 Å². The summed E-state index contributed by atoms with van der Waals surface area (Å²) in [6.45, 7) is 0. The number of nitrogens with one attached hydrogen (secondary N) is 1. The highest BCUT2D eigenvalue weighted by Crippen LogP contribution is 2.32. The molecule has 0 aliphatic heterocycles. The average Bonchev–Trinajstić information content (AvgIpc) is 3.24. The highest BCUT2D eigenvalue weighted by molar-refractivity contribution is 7.99. The predicted molar refractivity (Wildman–Crippen MR) is 116 cm³/mol. The molecule has 1 N–H and O–H groups in total. The van der Waals surface area contributed by atoms with Crippen molar-refractivity contribution in [1.82, 2.24) is 20.2 Å². The van der Waals surface area contributed by atoms with Gasteiger partial charge >= 0.3 is 0 Å². The van der Waals surface area contributed by atoms with Gasteiger partial charge in [0.15, 0.2) is 5.75 Å². The van der Waals surface area contributed by atoms with Crippen molar-refractivity contribution in [2.75, 3.05) is 11.1 Å². The summed E-state index contributed by atoms with van der Waals surface area (Å²) >= 11 is 7.34. The van der Waals surface area contributed by atoms with E-state index in [0.717, 1.165) is 5.69 Å². The summed E-state index contributed by atoms with van der Waals surface area (Å²) in [5, 5.41) is 15.5. The van der Waals surface area contributed by atoms with Crippen LogP contribution in [-0.4, -0.2) is 31.9 Å². The number of aromatic nitrogens is 4. The Balaban J connectivity index is 1.44. The zero-order valence-corrected chi connectivity index (χ0v) is 17.2. The van der Waals surface area contributed by atoms with Crippen molar-refractivity contribution in [2.45, 2.75) is 5.16 Å². The normalized spacial score (nSPS) is 10.6. The van der Waals surface area contributed by atoms with Gasteiger partial charge in [0.25, 0.3) is 0 Å². The number of halogens is 1. The number of hydrogen-bond donors (Lipinski definition) is 1. The molecule has 0 spiro atoms. The van der Waals surface area contributed by atoms with Crippen LogP contribution in [0.25, 0.3) is 5.69 Å². The van der Waals surface area contributed by atoms with E-state index in [0.29, 0.717) is 27.4 Å². The van der Waals surface area contributed by atoms with Crippen molar-refractivity contribution < 1.29 is 9.53 Å². The maximum absolute atomic E-state index is 12.6. The first kappa shape index (κ1) is 19.9. The van der Waals surface area contributed by atoms with Gasteiger partial charge in [0.2, 0.25) is 11.1 Å². The van der Waals surface area contributed by atoms with Crippen LogP contribution in [0.4, 0.5) is 5.69 Å². The lowest BCUT2D eigenvalue weighted by Crippen LogP contribution is -2.15. The minimum absolute atomic E-state index is 0.116. The third-order valence-corrected chi connectivity index (χ3v) is 5.12.